The van der Waals surface area contributed by atoms with Crippen LogP contribution in [0.5, 0.6) is 0 Å². The quantitative estimate of drug-likeness (QED) is 0.162. The van der Waals surface area contributed by atoms with Crippen LogP contribution in [0.25, 0.3) is 0 Å². The zero-order chi connectivity index (χ0) is 32.6. The summed E-state index contributed by atoms with van der Waals surface area (Å²) >= 11 is 9.68. The maximum atomic E-state index is 14.5. The van der Waals surface area contributed by atoms with Crippen LogP contribution in [0.3, 0.4) is 0 Å². The van der Waals surface area contributed by atoms with Crippen molar-refractivity contribution in [2.45, 2.75) is 44.7 Å². The molecule has 0 aliphatic carbocycles. The van der Waals surface area contributed by atoms with Crippen LogP contribution in [0.1, 0.15) is 30.5 Å². The third-order valence-corrected chi connectivity index (χ3v) is 9.80. The minimum Gasteiger partial charge on any atom is -0.354 e. The molecule has 10 heteroatoms. The average molecular weight is 711 g/mol. The largest absolute Gasteiger partial charge is 0.354 e. The normalized spacial score (nSPS) is 12.0. The summed E-state index contributed by atoms with van der Waals surface area (Å²) in [7, 11) is -4.19. The summed E-state index contributed by atoms with van der Waals surface area (Å²) in [6.07, 6.45) is 0.248. The fourth-order valence-electron chi connectivity index (χ4n) is 4.89. The summed E-state index contributed by atoms with van der Waals surface area (Å²) in [6.45, 7) is 5.74. The summed E-state index contributed by atoms with van der Waals surface area (Å²) in [4.78, 5) is 29.9. The Labute approximate surface area is 279 Å². The molecular formula is C35H37BrClN3O4S. The number of nitrogens with zero attached hydrogens (tertiary/aromatic N) is 2. The molecule has 0 unspecified atom stereocenters. The predicted octanol–water partition coefficient (Wildman–Crippen LogP) is 7.02. The van der Waals surface area contributed by atoms with Crippen LogP contribution in [0, 0.1) is 12.8 Å². The molecule has 4 rings (SSSR count). The number of nitrogens with one attached hydrogen (secondary N) is 1. The van der Waals surface area contributed by atoms with Crippen LogP contribution in [0.2, 0.25) is 5.02 Å². The lowest BCUT2D eigenvalue weighted by Crippen LogP contribution is -2.53. The Balaban J connectivity index is 1.81. The minimum absolute atomic E-state index is 0.0436. The molecule has 2 amide bonds. The predicted molar refractivity (Wildman–Crippen MR) is 184 cm³/mol. The number of amides is 2. The van der Waals surface area contributed by atoms with E-state index in [1.54, 1.807) is 43.3 Å². The van der Waals surface area contributed by atoms with E-state index in [0.29, 0.717) is 22.8 Å². The van der Waals surface area contributed by atoms with Gasteiger partial charge >= 0.3 is 0 Å². The number of halogens is 2. The van der Waals surface area contributed by atoms with Gasteiger partial charge in [-0.3, -0.25) is 13.9 Å². The Morgan fingerprint density at radius 1 is 0.867 bits per heavy atom. The van der Waals surface area contributed by atoms with E-state index in [2.05, 4.69) is 21.2 Å². The molecular weight excluding hydrogens is 674 g/mol. The van der Waals surface area contributed by atoms with Crippen LogP contribution in [0.15, 0.2) is 112 Å². The molecule has 0 aliphatic heterocycles. The number of hydrogen-bond acceptors (Lipinski definition) is 4. The van der Waals surface area contributed by atoms with Crippen molar-refractivity contribution in [3.8, 4) is 0 Å². The number of aryl methyl sites for hydroxylation is 1. The van der Waals surface area contributed by atoms with Gasteiger partial charge in [0.1, 0.15) is 12.6 Å². The van der Waals surface area contributed by atoms with Gasteiger partial charge in [0, 0.05) is 29.0 Å². The van der Waals surface area contributed by atoms with Crippen molar-refractivity contribution in [2.24, 2.45) is 5.92 Å². The Morgan fingerprint density at radius 3 is 2.09 bits per heavy atom. The van der Waals surface area contributed by atoms with Gasteiger partial charge in [0.15, 0.2) is 0 Å². The Morgan fingerprint density at radius 2 is 1.49 bits per heavy atom. The topological polar surface area (TPSA) is 86.8 Å². The molecule has 0 radical (unpaired) electrons. The Hall–Kier alpha value is -3.66. The Bertz CT molecular complexity index is 1700. The van der Waals surface area contributed by atoms with Crippen LogP contribution in [-0.2, 0) is 32.6 Å². The van der Waals surface area contributed by atoms with Crippen LogP contribution in [-0.4, -0.2) is 44.3 Å². The highest BCUT2D eigenvalue weighted by Gasteiger charge is 2.35. The van der Waals surface area contributed by atoms with Gasteiger partial charge in [0.25, 0.3) is 10.0 Å². The van der Waals surface area contributed by atoms with E-state index in [4.69, 9.17) is 11.6 Å². The summed E-state index contributed by atoms with van der Waals surface area (Å²) in [5, 5.41) is 3.45. The third kappa shape index (κ3) is 9.19. The van der Waals surface area contributed by atoms with Crippen molar-refractivity contribution in [3.05, 3.63) is 129 Å². The van der Waals surface area contributed by atoms with Gasteiger partial charge < -0.3 is 10.2 Å². The number of carbonyl (C=O) groups excluding carboxylic acids is 2. The summed E-state index contributed by atoms with van der Waals surface area (Å²) < 4.78 is 30.2. The summed E-state index contributed by atoms with van der Waals surface area (Å²) in [5.41, 5.74) is 2.58. The van der Waals surface area contributed by atoms with Crippen molar-refractivity contribution in [3.63, 3.8) is 0 Å². The first kappa shape index (κ1) is 34.2. The first-order valence-electron chi connectivity index (χ1n) is 14.6. The van der Waals surface area contributed by atoms with Gasteiger partial charge in [-0.1, -0.05) is 102 Å². The molecule has 1 atom stereocenters. The monoisotopic (exact) mass is 709 g/mol. The molecule has 0 saturated carbocycles. The zero-order valence-corrected chi connectivity index (χ0v) is 28.6. The van der Waals surface area contributed by atoms with E-state index in [9.17, 15) is 18.0 Å². The molecule has 0 bridgehead atoms. The molecule has 4 aromatic rings. The van der Waals surface area contributed by atoms with E-state index in [1.807, 2.05) is 68.4 Å². The molecule has 1 N–H and O–H groups in total. The van der Waals surface area contributed by atoms with Crippen molar-refractivity contribution in [2.75, 3.05) is 17.4 Å². The first-order chi connectivity index (χ1) is 21.5. The highest BCUT2D eigenvalue weighted by atomic mass is 79.9. The highest BCUT2D eigenvalue weighted by molar-refractivity contribution is 9.10. The van der Waals surface area contributed by atoms with Gasteiger partial charge in [-0.05, 0) is 72.0 Å². The fraction of sp³-hybridized carbons (Fsp3) is 0.257. The SMILES string of the molecule is Cc1cc(Cl)ccc1N(CC(=O)N(Cc1ccc(Br)cc1)[C@@H](Cc1ccccc1)C(=O)NCC(C)C)S(=O)(=O)c1ccccc1. The molecule has 7 nitrogen and oxygen atoms in total. The molecule has 236 valence electrons. The van der Waals surface area contributed by atoms with Gasteiger partial charge in [-0.15, -0.1) is 0 Å². The lowest BCUT2D eigenvalue weighted by molar-refractivity contribution is -0.140. The van der Waals surface area contributed by atoms with Crippen LogP contribution < -0.4 is 9.62 Å². The van der Waals surface area contributed by atoms with E-state index < -0.39 is 28.5 Å². The molecule has 0 fully saturated rings. The van der Waals surface area contributed by atoms with E-state index in [1.165, 1.54) is 17.0 Å². The number of benzene rings is 4. The maximum Gasteiger partial charge on any atom is 0.264 e. The molecule has 0 aromatic heterocycles. The second kappa shape index (κ2) is 15.6. The fourth-order valence-corrected chi connectivity index (χ4v) is 6.89. The number of anilines is 1. The molecule has 45 heavy (non-hydrogen) atoms. The lowest BCUT2D eigenvalue weighted by atomic mass is 10.0. The summed E-state index contributed by atoms with van der Waals surface area (Å²) in [5.74, 6) is -0.633. The zero-order valence-electron chi connectivity index (χ0n) is 25.5. The van der Waals surface area contributed by atoms with Crippen LogP contribution in [0.4, 0.5) is 5.69 Å². The van der Waals surface area contributed by atoms with Crippen molar-refractivity contribution < 1.29 is 18.0 Å². The van der Waals surface area contributed by atoms with Gasteiger partial charge in [0.2, 0.25) is 11.8 Å². The average Bonchev–Trinajstić information content (AvgIpc) is 3.02. The molecule has 0 spiro atoms. The van der Waals surface area contributed by atoms with Gasteiger partial charge in [-0.25, -0.2) is 8.42 Å². The molecule has 0 saturated heterocycles. The van der Waals surface area contributed by atoms with Crippen LogP contribution >= 0.6 is 27.5 Å². The lowest BCUT2D eigenvalue weighted by Gasteiger charge is -2.34. The smallest absolute Gasteiger partial charge is 0.264 e. The third-order valence-electron chi connectivity index (χ3n) is 7.26. The number of hydrogen-bond donors (Lipinski definition) is 1. The minimum atomic E-state index is -4.19. The maximum absolute atomic E-state index is 14.5. The molecule has 0 heterocycles. The molecule has 0 aliphatic rings. The summed E-state index contributed by atoms with van der Waals surface area (Å²) in [6, 6.07) is 28.9. The van der Waals surface area contributed by atoms with Gasteiger partial charge in [0.05, 0.1) is 10.6 Å². The van der Waals surface area contributed by atoms with Crippen molar-refractivity contribution in [1.29, 1.82) is 0 Å². The second-order valence-electron chi connectivity index (χ2n) is 11.2. The van der Waals surface area contributed by atoms with E-state index >= 15 is 0 Å². The Kier molecular flexibility index (Phi) is 11.8. The van der Waals surface area contributed by atoms with E-state index in [-0.39, 0.29) is 29.7 Å². The highest BCUT2D eigenvalue weighted by Crippen LogP contribution is 2.29. The number of rotatable bonds is 13. The molecule has 4 aromatic carbocycles. The van der Waals surface area contributed by atoms with Crippen molar-refractivity contribution >= 4 is 55.1 Å². The second-order valence-corrected chi connectivity index (χ2v) is 14.5. The standard InChI is InChI=1S/C35H37BrClN3O4S/c1-25(2)22-38-35(42)33(21-27-10-6-4-7-11-27)39(23-28-14-16-29(36)17-15-28)34(41)24-40(32-19-18-30(37)20-26(32)3)45(43,44)31-12-8-5-9-13-31/h4-20,25,33H,21-24H2,1-3H3,(H,38,42)/t33-/m0/s1. The van der Waals surface area contributed by atoms with Gasteiger partial charge in [-0.2, -0.15) is 0 Å². The van der Waals surface area contributed by atoms with Crippen molar-refractivity contribution in [1.82, 2.24) is 10.2 Å². The number of carbonyl (C=O) groups is 2. The number of sulfonamides is 1. The van der Waals surface area contributed by atoms with E-state index in [0.717, 1.165) is 19.9 Å². The first-order valence-corrected chi connectivity index (χ1v) is 17.3.